The molecule has 0 spiro atoms. The number of hydrogen-bond donors (Lipinski definition) is 1. The summed E-state index contributed by atoms with van der Waals surface area (Å²) in [7, 11) is 0. The Bertz CT molecular complexity index is 1090. The van der Waals surface area contributed by atoms with Gasteiger partial charge in [-0.1, -0.05) is 62.3 Å². The summed E-state index contributed by atoms with van der Waals surface area (Å²) in [5, 5.41) is 9.75. The molecular formula is C35H50O3. The van der Waals surface area contributed by atoms with Crippen molar-refractivity contribution >= 4 is 5.97 Å². The van der Waals surface area contributed by atoms with E-state index < -0.39 is 0 Å². The van der Waals surface area contributed by atoms with E-state index in [0.29, 0.717) is 28.9 Å². The highest BCUT2D eigenvalue weighted by atomic mass is 16.5. The van der Waals surface area contributed by atoms with E-state index in [1.807, 2.05) is 12.1 Å². The van der Waals surface area contributed by atoms with Gasteiger partial charge in [-0.25, -0.2) is 0 Å². The Balaban J connectivity index is 0.000000196. The summed E-state index contributed by atoms with van der Waals surface area (Å²) in [5.41, 5.74) is 6.29. The van der Waals surface area contributed by atoms with Gasteiger partial charge in [-0.05, 0) is 124 Å². The van der Waals surface area contributed by atoms with Gasteiger partial charge in [-0.15, -0.1) is 0 Å². The van der Waals surface area contributed by atoms with Gasteiger partial charge in [0.05, 0.1) is 0 Å². The summed E-state index contributed by atoms with van der Waals surface area (Å²) >= 11 is 0. The Labute approximate surface area is 231 Å². The molecule has 2 saturated carbocycles. The van der Waals surface area contributed by atoms with Crippen molar-refractivity contribution in [3.8, 4) is 5.75 Å². The SMILES string of the molecule is CC(=O)OC1CCC2C3CCc4cc(O)ccc4C3CCC12C.CC1=CCCC(C)=CCC(C)(C)C=CC1. The van der Waals surface area contributed by atoms with Crippen LogP contribution >= 0.6 is 0 Å². The zero-order valence-electron chi connectivity index (χ0n) is 24.7. The average molecular weight is 519 g/mol. The van der Waals surface area contributed by atoms with E-state index >= 15 is 0 Å². The molecule has 5 rings (SSSR count). The lowest BCUT2D eigenvalue weighted by atomic mass is 9.55. The van der Waals surface area contributed by atoms with Gasteiger partial charge in [0, 0.05) is 12.3 Å². The summed E-state index contributed by atoms with van der Waals surface area (Å²) in [5.74, 6) is 2.23. The van der Waals surface area contributed by atoms with E-state index in [9.17, 15) is 9.90 Å². The summed E-state index contributed by atoms with van der Waals surface area (Å²) in [6.07, 6.45) is 21.0. The fourth-order valence-electron chi connectivity index (χ4n) is 7.72. The number of esters is 1. The van der Waals surface area contributed by atoms with Crippen LogP contribution in [0.25, 0.3) is 0 Å². The third-order valence-electron chi connectivity index (χ3n) is 9.95. The minimum absolute atomic E-state index is 0.104. The topological polar surface area (TPSA) is 46.5 Å². The first kappa shape index (κ1) is 28.7. The first-order valence-corrected chi connectivity index (χ1v) is 15.0. The maximum Gasteiger partial charge on any atom is 0.302 e. The van der Waals surface area contributed by atoms with Crippen molar-refractivity contribution < 1.29 is 14.6 Å². The molecule has 5 unspecified atom stereocenters. The monoisotopic (exact) mass is 518 g/mol. The minimum Gasteiger partial charge on any atom is -0.508 e. The third kappa shape index (κ3) is 6.64. The van der Waals surface area contributed by atoms with Gasteiger partial charge in [0.15, 0.2) is 0 Å². The number of phenolic OH excluding ortho intramolecular Hbond substituents is 1. The average Bonchev–Trinajstić information content (AvgIpc) is 3.17. The molecule has 4 aliphatic rings. The molecule has 0 heterocycles. The Hall–Kier alpha value is -2.29. The van der Waals surface area contributed by atoms with Crippen LogP contribution in [0.5, 0.6) is 5.75 Å². The summed E-state index contributed by atoms with van der Waals surface area (Å²) < 4.78 is 5.68. The number of carbonyl (C=O) groups excluding carboxylic acids is 1. The Morgan fingerprint density at radius 3 is 2.55 bits per heavy atom. The fraction of sp³-hybridized carbons (Fsp3) is 0.629. The van der Waals surface area contributed by atoms with Crippen LogP contribution < -0.4 is 0 Å². The number of ether oxygens (including phenoxy) is 1. The number of phenols is 1. The van der Waals surface area contributed by atoms with Gasteiger partial charge in [0.1, 0.15) is 11.9 Å². The van der Waals surface area contributed by atoms with Crippen LogP contribution in [-0.4, -0.2) is 17.2 Å². The Kier molecular flexibility index (Phi) is 8.95. The predicted octanol–water partition coefficient (Wildman–Crippen LogP) is 9.22. The second kappa shape index (κ2) is 11.8. The quantitative estimate of drug-likeness (QED) is 0.298. The van der Waals surface area contributed by atoms with Gasteiger partial charge >= 0.3 is 5.97 Å². The molecule has 5 atom stereocenters. The molecule has 0 aromatic heterocycles. The smallest absolute Gasteiger partial charge is 0.302 e. The number of hydrogen-bond acceptors (Lipinski definition) is 3. The van der Waals surface area contributed by atoms with E-state index in [0.717, 1.165) is 32.1 Å². The third-order valence-corrected chi connectivity index (χ3v) is 9.95. The zero-order valence-corrected chi connectivity index (χ0v) is 24.7. The van der Waals surface area contributed by atoms with Gasteiger partial charge < -0.3 is 9.84 Å². The molecule has 38 heavy (non-hydrogen) atoms. The van der Waals surface area contributed by atoms with Crippen molar-refractivity contribution in [2.45, 2.75) is 118 Å². The van der Waals surface area contributed by atoms with Crippen molar-refractivity contribution in [3.63, 3.8) is 0 Å². The molecule has 0 aliphatic heterocycles. The molecule has 3 heteroatoms. The number of benzene rings is 1. The molecule has 2 fully saturated rings. The van der Waals surface area contributed by atoms with Crippen LogP contribution in [0.1, 0.15) is 116 Å². The van der Waals surface area contributed by atoms with Crippen LogP contribution in [0.4, 0.5) is 0 Å². The standard InChI is InChI=1S/C20H26O3.C15H24/c1-12(21)23-19-8-7-18-17-5-3-13-11-14(22)4-6-15(13)16(17)9-10-20(18,19)2;1-13-7-5-8-14(2)10-12-15(3,4)11-6-9-13/h4,6,11,16-19,22H,3,5,7-10H2,1-2H3;6-7,10-11H,5,8-9,12H2,1-4H3. The van der Waals surface area contributed by atoms with Crippen molar-refractivity contribution in [2.75, 3.05) is 0 Å². The van der Waals surface area contributed by atoms with Crippen molar-refractivity contribution in [2.24, 2.45) is 22.7 Å². The fourth-order valence-corrected chi connectivity index (χ4v) is 7.72. The molecule has 3 nitrogen and oxygen atoms in total. The molecule has 0 saturated heterocycles. The van der Waals surface area contributed by atoms with Crippen LogP contribution in [0.2, 0.25) is 0 Å². The number of allylic oxidation sites excluding steroid dienone is 6. The molecule has 1 aromatic rings. The van der Waals surface area contributed by atoms with Gasteiger partial charge in [0.25, 0.3) is 0 Å². The van der Waals surface area contributed by atoms with E-state index in [-0.39, 0.29) is 17.5 Å². The van der Waals surface area contributed by atoms with Gasteiger partial charge in [0.2, 0.25) is 0 Å². The van der Waals surface area contributed by atoms with E-state index in [4.69, 9.17) is 4.74 Å². The number of aryl methyl sites for hydroxylation is 1. The van der Waals surface area contributed by atoms with Crippen molar-refractivity contribution in [3.05, 3.63) is 64.8 Å². The molecular weight excluding hydrogens is 468 g/mol. The minimum atomic E-state index is -0.136. The molecule has 1 aromatic carbocycles. The van der Waals surface area contributed by atoms with Gasteiger partial charge in [-0.2, -0.15) is 0 Å². The maximum absolute atomic E-state index is 11.4. The lowest BCUT2D eigenvalue weighted by Crippen LogP contribution is -2.45. The van der Waals surface area contributed by atoms with Crippen LogP contribution in [-0.2, 0) is 16.0 Å². The van der Waals surface area contributed by atoms with Gasteiger partial charge in [-0.3, -0.25) is 4.79 Å². The number of carbonyl (C=O) groups is 1. The zero-order chi connectivity index (χ0) is 27.5. The van der Waals surface area contributed by atoms with E-state index in [2.05, 4.69) is 65.0 Å². The summed E-state index contributed by atoms with van der Waals surface area (Å²) in [4.78, 5) is 11.4. The second-order valence-electron chi connectivity index (χ2n) is 13.5. The van der Waals surface area contributed by atoms with Crippen LogP contribution in [0.3, 0.4) is 0 Å². The summed E-state index contributed by atoms with van der Waals surface area (Å²) in [6.45, 7) is 13.0. The highest BCUT2D eigenvalue weighted by Gasteiger charge is 2.56. The van der Waals surface area contributed by atoms with E-state index in [1.54, 1.807) is 0 Å². The van der Waals surface area contributed by atoms with E-state index in [1.165, 1.54) is 61.3 Å². The molecule has 0 bridgehead atoms. The lowest BCUT2D eigenvalue weighted by Gasteiger charge is -2.50. The maximum atomic E-state index is 11.4. The van der Waals surface area contributed by atoms with Crippen molar-refractivity contribution in [1.29, 1.82) is 0 Å². The molecule has 0 amide bonds. The highest BCUT2D eigenvalue weighted by Crippen LogP contribution is 2.61. The normalized spacial score (nSPS) is 32.2. The lowest BCUT2D eigenvalue weighted by molar-refractivity contribution is -0.154. The van der Waals surface area contributed by atoms with Crippen LogP contribution in [0.15, 0.2) is 53.6 Å². The number of fused-ring (bicyclic) bond motifs is 5. The summed E-state index contributed by atoms with van der Waals surface area (Å²) in [6, 6.07) is 5.93. The molecule has 0 radical (unpaired) electrons. The first-order chi connectivity index (χ1) is 18.0. The molecule has 1 N–H and O–H groups in total. The Morgan fingerprint density at radius 2 is 1.79 bits per heavy atom. The molecule has 4 aliphatic carbocycles. The largest absolute Gasteiger partial charge is 0.508 e. The molecule has 208 valence electrons. The highest BCUT2D eigenvalue weighted by molar-refractivity contribution is 5.66. The number of aromatic hydroxyl groups is 1. The Morgan fingerprint density at radius 1 is 1.00 bits per heavy atom. The van der Waals surface area contributed by atoms with Crippen molar-refractivity contribution in [1.82, 2.24) is 0 Å². The number of rotatable bonds is 1. The predicted molar refractivity (Wildman–Crippen MR) is 157 cm³/mol. The van der Waals surface area contributed by atoms with Crippen LogP contribution in [0, 0.1) is 22.7 Å². The second-order valence-corrected chi connectivity index (χ2v) is 13.5. The first-order valence-electron chi connectivity index (χ1n) is 15.0.